The number of hydrogen-bond donors (Lipinski definition) is 3. The number of pyridine rings is 1. The van der Waals surface area contributed by atoms with Gasteiger partial charge in [0.15, 0.2) is 0 Å². The largest absolute Gasteiger partial charge is 0.433 e. The van der Waals surface area contributed by atoms with Gasteiger partial charge in [0.2, 0.25) is 0 Å². The molecule has 1 aliphatic heterocycles. The third kappa shape index (κ3) is 5.17. The van der Waals surface area contributed by atoms with Crippen molar-refractivity contribution in [3.05, 3.63) is 47.3 Å². The van der Waals surface area contributed by atoms with Gasteiger partial charge in [0.05, 0.1) is 30.3 Å². The number of amidine groups is 1. The highest BCUT2D eigenvalue weighted by atomic mass is 19.4. The van der Waals surface area contributed by atoms with E-state index in [9.17, 15) is 13.2 Å². The van der Waals surface area contributed by atoms with E-state index >= 15 is 0 Å². The molecule has 0 radical (unpaired) electrons. The van der Waals surface area contributed by atoms with Crippen LogP contribution < -0.4 is 0 Å². The van der Waals surface area contributed by atoms with Gasteiger partial charge in [0, 0.05) is 43.5 Å². The van der Waals surface area contributed by atoms with E-state index < -0.39 is 11.9 Å². The number of benzene rings is 1. The van der Waals surface area contributed by atoms with Crippen molar-refractivity contribution in [1.29, 1.82) is 10.8 Å². The van der Waals surface area contributed by atoms with Gasteiger partial charge in [-0.15, -0.1) is 0 Å². The Hall–Kier alpha value is -3.31. The van der Waals surface area contributed by atoms with Crippen LogP contribution in [0.4, 0.5) is 13.2 Å². The second kappa shape index (κ2) is 10.5. The van der Waals surface area contributed by atoms with Gasteiger partial charge in [0.1, 0.15) is 17.2 Å². The summed E-state index contributed by atoms with van der Waals surface area (Å²) in [6.45, 7) is 3.95. The first-order chi connectivity index (χ1) is 18.2. The van der Waals surface area contributed by atoms with E-state index in [1.54, 1.807) is 7.05 Å². The minimum absolute atomic E-state index is 0.000789. The molecule has 11 heteroatoms. The molecule has 38 heavy (non-hydrogen) atoms. The lowest BCUT2D eigenvalue weighted by Gasteiger charge is -2.36. The monoisotopic (exact) mass is 527 g/mol. The lowest BCUT2D eigenvalue weighted by atomic mass is 9.72. The van der Waals surface area contributed by atoms with Crippen LogP contribution in [0.15, 0.2) is 30.3 Å². The highest BCUT2D eigenvalue weighted by Crippen LogP contribution is 2.42. The maximum atomic E-state index is 13.9. The summed E-state index contributed by atoms with van der Waals surface area (Å²) in [5.41, 5.74) is 1.85. The first kappa shape index (κ1) is 26.3. The quantitative estimate of drug-likeness (QED) is 0.287. The second-order valence-corrected chi connectivity index (χ2v) is 10.3. The van der Waals surface area contributed by atoms with Gasteiger partial charge < -0.3 is 9.64 Å². The number of hydrogen-bond acceptors (Lipinski definition) is 6. The maximum absolute atomic E-state index is 13.9. The number of nitrogens with zero attached hydrogens (tertiary/aromatic N) is 4. The molecule has 0 amide bonds. The molecular formula is C27H32F3N7O. The van der Waals surface area contributed by atoms with E-state index in [0.29, 0.717) is 59.3 Å². The van der Waals surface area contributed by atoms with Crippen LogP contribution in [-0.2, 0) is 17.5 Å². The highest BCUT2D eigenvalue weighted by Gasteiger charge is 2.35. The van der Waals surface area contributed by atoms with Gasteiger partial charge in [0.25, 0.3) is 0 Å². The van der Waals surface area contributed by atoms with E-state index in [1.165, 1.54) is 4.90 Å². The molecule has 1 aliphatic carbocycles. The molecule has 1 saturated carbocycles. The van der Waals surface area contributed by atoms with Crippen LogP contribution in [0.3, 0.4) is 0 Å². The van der Waals surface area contributed by atoms with Crippen molar-refractivity contribution in [3.8, 4) is 11.3 Å². The summed E-state index contributed by atoms with van der Waals surface area (Å²) >= 11 is 0. The maximum Gasteiger partial charge on any atom is 0.433 e. The molecule has 0 bridgehead atoms. The first-order valence-electron chi connectivity index (χ1n) is 12.9. The Morgan fingerprint density at radius 3 is 2.76 bits per heavy atom. The van der Waals surface area contributed by atoms with Crippen molar-refractivity contribution in [1.82, 2.24) is 25.0 Å². The van der Waals surface area contributed by atoms with E-state index in [1.807, 2.05) is 36.1 Å². The number of aromatic nitrogens is 3. The van der Waals surface area contributed by atoms with E-state index in [-0.39, 0.29) is 18.6 Å². The van der Waals surface area contributed by atoms with Gasteiger partial charge in [-0.05, 0) is 43.4 Å². The smallest absolute Gasteiger partial charge is 0.376 e. The number of alkyl halides is 3. The van der Waals surface area contributed by atoms with Crippen molar-refractivity contribution in [2.45, 2.75) is 50.9 Å². The molecule has 3 heterocycles. The summed E-state index contributed by atoms with van der Waals surface area (Å²) in [5, 5.41) is 24.1. The molecule has 3 N–H and O–H groups in total. The van der Waals surface area contributed by atoms with Gasteiger partial charge in [-0.25, -0.2) is 4.98 Å². The predicted molar refractivity (Wildman–Crippen MR) is 139 cm³/mol. The van der Waals surface area contributed by atoms with Crippen molar-refractivity contribution in [2.24, 2.45) is 5.92 Å². The number of rotatable bonds is 7. The molecule has 0 spiro atoms. The Balaban J connectivity index is 1.57. The number of likely N-dealkylation sites (N-methyl/N-ethyl adjacent to an activating group) is 1. The first-order valence-corrected chi connectivity index (χ1v) is 12.9. The predicted octanol–water partition coefficient (Wildman–Crippen LogP) is 5.26. The zero-order valence-corrected chi connectivity index (χ0v) is 21.5. The molecule has 2 fully saturated rings. The molecular weight excluding hydrogens is 495 g/mol. The average Bonchev–Trinajstić information content (AvgIpc) is 3.29. The average molecular weight is 528 g/mol. The number of aromatic amines is 1. The Morgan fingerprint density at radius 1 is 1.32 bits per heavy atom. The highest BCUT2D eigenvalue weighted by molar-refractivity contribution is 5.96. The van der Waals surface area contributed by atoms with Gasteiger partial charge >= 0.3 is 6.18 Å². The number of halogens is 3. The topological polar surface area (TPSA) is 105 Å². The van der Waals surface area contributed by atoms with E-state index in [2.05, 4.69) is 15.2 Å². The Kier molecular flexibility index (Phi) is 7.23. The molecule has 8 nitrogen and oxygen atoms in total. The summed E-state index contributed by atoms with van der Waals surface area (Å²) < 4.78 is 47.3. The summed E-state index contributed by atoms with van der Waals surface area (Å²) in [6.07, 6.45) is -0.373. The second-order valence-electron chi connectivity index (χ2n) is 10.3. The summed E-state index contributed by atoms with van der Waals surface area (Å²) in [7, 11) is 1.69. The van der Waals surface area contributed by atoms with Gasteiger partial charge in [-0.2, -0.15) is 18.3 Å². The Bertz CT molecular complexity index is 1330. The lowest BCUT2D eigenvalue weighted by molar-refractivity contribution is -0.141. The minimum Gasteiger partial charge on any atom is -0.376 e. The van der Waals surface area contributed by atoms with Crippen LogP contribution >= 0.6 is 0 Å². The molecule has 1 saturated heterocycles. The van der Waals surface area contributed by atoms with Crippen LogP contribution in [0.25, 0.3) is 22.2 Å². The third-order valence-corrected chi connectivity index (χ3v) is 7.63. The molecule has 202 valence electrons. The van der Waals surface area contributed by atoms with Gasteiger partial charge in [-0.1, -0.05) is 24.6 Å². The fourth-order valence-electron chi connectivity index (χ4n) is 5.40. The van der Waals surface area contributed by atoms with Crippen molar-refractivity contribution < 1.29 is 17.9 Å². The number of fused-ring (bicyclic) bond motifs is 1. The fraction of sp³-hybridized carbons (Fsp3) is 0.481. The molecule has 2 aliphatic rings. The zero-order valence-electron chi connectivity index (χ0n) is 21.5. The lowest BCUT2D eigenvalue weighted by Crippen LogP contribution is -2.40. The summed E-state index contributed by atoms with van der Waals surface area (Å²) in [6, 6.07) is 8.62. The van der Waals surface area contributed by atoms with E-state index in [0.717, 1.165) is 37.2 Å². The van der Waals surface area contributed by atoms with Crippen molar-refractivity contribution in [2.75, 3.05) is 26.7 Å². The summed E-state index contributed by atoms with van der Waals surface area (Å²) in [5.74, 6) is 0.422. The van der Waals surface area contributed by atoms with Crippen molar-refractivity contribution >= 4 is 23.1 Å². The molecule has 3 aromatic rings. The Morgan fingerprint density at radius 2 is 2.11 bits per heavy atom. The van der Waals surface area contributed by atoms with Crippen molar-refractivity contribution in [3.63, 3.8) is 0 Å². The standard InChI is InChI=1S/C27H32F3N7O/c1-16-13-37(9-10-38-16)14-21-25-20(12-22(33-21)27(28,29)30)24(34-35-25)19-8-4-7-18(11-19)23(17-5-3-6-17)26(32)36(2)15-31/h4,7-8,11-12,15-17,23,31-32H,3,5-6,9-10,13-14H2,1-2H3,(H,34,35). The summed E-state index contributed by atoms with van der Waals surface area (Å²) in [4.78, 5) is 7.55. The molecule has 2 atom stereocenters. The number of ether oxygens (including phenoxy) is 1. The van der Waals surface area contributed by atoms with Crippen LogP contribution in [0.5, 0.6) is 0 Å². The van der Waals surface area contributed by atoms with Crippen LogP contribution in [0.2, 0.25) is 0 Å². The molecule has 1 aromatic carbocycles. The van der Waals surface area contributed by atoms with Gasteiger partial charge in [-0.3, -0.25) is 20.8 Å². The number of morpholine rings is 1. The van der Waals surface area contributed by atoms with Crippen LogP contribution in [0.1, 0.15) is 49.1 Å². The van der Waals surface area contributed by atoms with Crippen LogP contribution in [0, 0.1) is 16.7 Å². The minimum atomic E-state index is -4.60. The Labute approximate surface area is 219 Å². The van der Waals surface area contributed by atoms with Crippen LogP contribution in [-0.4, -0.2) is 70.0 Å². The normalized spacial score (nSPS) is 19.8. The van der Waals surface area contributed by atoms with E-state index in [4.69, 9.17) is 15.6 Å². The SMILES string of the molecule is CC1CN(Cc2nc(C(F)(F)F)cc3c(-c4cccc(C(C(=N)N(C)C=N)C5CCC5)c4)n[nH]c23)CCO1. The number of nitrogens with one attached hydrogen (secondary N) is 3. The molecule has 2 aromatic heterocycles. The third-order valence-electron chi connectivity index (χ3n) is 7.63. The molecule has 2 unspecified atom stereocenters. The fourth-order valence-corrected chi connectivity index (χ4v) is 5.40. The zero-order chi connectivity index (χ0) is 27.0. The number of H-pyrrole nitrogens is 1. The molecule has 5 rings (SSSR count).